The van der Waals surface area contributed by atoms with Crippen LogP contribution >= 0.6 is 27.5 Å². The lowest BCUT2D eigenvalue weighted by Crippen LogP contribution is -2.27. The molecule has 1 aromatic carbocycles. The van der Waals surface area contributed by atoms with E-state index in [-0.39, 0.29) is 6.61 Å². The number of rotatable bonds is 5. The first kappa shape index (κ1) is 14.2. The van der Waals surface area contributed by atoms with Crippen LogP contribution in [0.5, 0.6) is 0 Å². The van der Waals surface area contributed by atoms with E-state index in [1.165, 1.54) is 6.33 Å². The molecule has 0 spiro atoms. The number of aliphatic hydroxyl groups is 1. The Morgan fingerprint density at radius 3 is 2.63 bits per heavy atom. The van der Waals surface area contributed by atoms with Crippen molar-refractivity contribution >= 4 is 33.3 Å². The third-order valence-corrected chi connectivity index (χ3v) is 3.86. The Bertz CT molecular complexity index is 539. The maximum Gasteiger partial charge on any atom is 0.148 e. The fourth-order valence-corrected chi connectivity index (χ4v) is 2.33. The Kier molecular flexibility index (Phi) is 5.13. The maximum absolute atomic E-state index is 9.20. The average molecular weight is 343 g/mol. The van der Waals surface area contributed by atoms with E-state index in [4.69, 9.17) is 11.6 Å². The molecule has 0 amide bonds. The van der Waals surface area contributed by atoms with E-state index in [0.29, 0.717) is 28.5 Å². The second-order valence-electron chi connectivity index (χ2n) is 3.93. The SMILES string of the molecule is OCCN(Cc1ccccc1)c1ncnc(Cl)c1Br. The lowest BCUT2D eigenvalue weighted by atomic mass is 10.2. The summed E-state index contributed by atoms with van der Waals surface area (Å²) in [5.41, 5.74) is 1.14. The molecule has 1 heterocycles. The standard InChI is InChI=1S/C13H13BrClN3O/c14-11-12(15)16-9-17-13(11)18(6-7-19)8-10-4-2-1-3-5-10/h1-5,9,19H,6-8H2. The molecule has 0 aliphatic carbocycles. The van der Waals surface area contributed by atoms with Crippen molar-refractivity contribution in [2.75, 3.05) is 18.1 Å². The Morgan fingerprint density at radius 2 is 1.95 bits per heavy atom. The number of anilines is 1. The maximum atomic E-state index is 9.20. The van der Waals surface area contributed by atoms with E-state index < -0.39 is 0 Å². The highest BCUT2D eigenvalue weighted by Crippen LogP contribution is 2.29. The topological polar surface area (TPSA) is 49.2 Å². The molecule has 0 aliphatic rings. The molecular weight excluding hydrogens is 330 g/mol. The number of benzene rings is 1. The molecule has 100 valence electrons. The lowest BCUT2D eigenvalue weighted by molar-refractivity contribution is 0.301. The fraction of sp³-hybridized carbons (Fsp3) is 0.231. The van der Waals surface area contributed by atoms with Gasteiger partial charge in [0.15, 0.2) is 0 Å². The number of aromatic nitrogens is 2. The van der Waals surface area contributed by atoms with Crippen LogP contribution in [0, 0.1) is 0 Å². The van der Waals surface area contributed by atoms with Gasteiger partial charge in [-0.2, -0.15) is 0 Å². The van der Waals surface area contributed by atoms with Crippen molar-refractivity contribution in [2.45, 2.75) is 6.54 Å². The van der Waals surface area contributed by atoms with Gasteiger partial charge in [0.2, 0.25) is 0 Å². The van der Waals surface area contributed by atoms with Gasteiger partial charge in [-0.15, -0.1) is 0 Å². The number of hydrogen-bond acceptors (Lipinski definition) is 4. The van der Waals surface area contributed by atoms with Crippen LogP contribution in [0.25, 0.3) is 0 Å². The second kappa shape index (κ2) is 6.84. The Hall–Kier alpha value is -1.17. The summed E-state index contributed by atoms with van der Waals surface area (Å²) >= 11 is 9.36. The summed E-state index contributed by atoms with van der Waals surface area (Å²) in [6, 6.07) is 9.99. The average Bonchev–Trinajstić information content (AvgIpc) is 2.43. The zero-order valence-electron chi connectivity index (χ0n) is 10.1. The van der Waals surface area contributed by atoms with E-state index in [1.54, 1.807) is 0 Å². The molecule has 1 N–H and O–H groups in total. The molecule has 0 fully saturated rings. The van der Waals surface area contributed by atoms with Gasteiger partial charge in [-0.1, -0.05) is 41.9 Å². The van der Waals surface area contributed by atoms with Crippen LogP contribution in [0.4, 0.5) is 5.82 Å². The van der Waals surface area contributed by atoms with Gasteiger partial charge in [-0.05, 0) is 21.5 Å². The minimum Gasteiger partial charge on any atom is -0.395 e. The molecule has 2 rings (SSSR count). The zero-order chi connectivity index (χ0) is 13.7. The molecule has 0 saturated carbocycles. The van der Waals surface area contributed by atoms with Crippen molar-refractivity contribution in [3.8, 4) is 0 Å². The van der Waals surface area contributed by atoms with Crippen molar-refractivity contribution in [3.05, 3.63) is 51.8 Å². The van der Waals surface area contributed by atoms with Crippen LogP contribution in [-0.2, 0) is 6.54 Å². The predicted octanol–water partition coefficient (Wildman–Crippen LogP) is 2.89. The van der Waals surface area contributed by atoms with Crippen LogP contribution < -0.4 is 4.90 Å². The number of aliphatic hydroxyl groups excluding tert-OH is 1. The molecular formula is C13H13BrClN3O. The molecule has 1 aromatic heterocycles. The summed E-state index contributed by atoms with van der Waals surface area (Å²) in [5, 5.41) is 9.56. The molecule has 2 aromatic rings. The van der Waals surface area contributed by atoms with Gasteiger partial charge in [0.1, 0.15) is 17.3 Å². The normalized spacial score (nSPS) is 10.5. The number of nitrogens with zero attached hydrogens (tertiary/aromatic N) is 3. The Morgan fingerprint density at radius 1 is 1.21 bits per heavy atom. The third kappa shape index (κ3) is 3.65. The first-order chi connectivity index (χ1) is 9.22. The molecule has 0 radical (unpaired) electrons. The quantitative estimate of drug-likeness (QED) is 0.849. The summed E-state index contributed by atoms with van der Waals surface area (Å²) in [4.78, 5) is 10.1. The van der Waals surface area contributed by atoms with Gasteiger partial charge in [-0.3, -0.25) is 0 Å². The van der Waals surface area contributed by atoms with Crippen LogP contribution in [-0.4, -0.2) is 28.2 Å². The van der Waals surface area contributed by atoms with Gasteiger partial charge in [0.25, 0.3) is 0 Å². The zero-order valence-corrected chi connectivity index (χ0v) is 12.5. The smallest absolute Gasteiger partial charge is 0.148 e. The van der Waals surface area contributed by atoms with E-state index in [2.05, 4.69) is 25.9 Å². The van der Waals surface area contributed by atoms with Crippen LogP contribution in [0.1, 0.15) is 5.56 Å². The lowest BCUT2D eigenvalue weighted by Gasteiger charge is -2.24. The second-order valence-corrected chi connectivity index (χ2v) is 5.08. The Balaban J connectivity index is 2.27. The van der Waals surface area contributed by atoms with Crippen molar-refractivity contribution in [2.24, 2.45) is 0 Å². The van der Waals surface area contributed by atoms with Crippen LogP contribution in [0.3, 0.4) is 0 Å². The molecule has 19 heavy (non-hydrogen) atoms. The van der Waals surface area contributed by atoms with Crippen LogP contribution in [0.2, 0.25) is 5.15 Å². The molecule has 0 aliphatic heterocycles. The van der Waals surface area contributed by atoms with Crippen molar-refractivity contribution in [3.63, 3.8) is 0 Å². The molecule has 4 nitrogen and oxygen atoms in total. The molecule has 6 heteroatoms. The minimum atomic E-state index is 0.0426. The highest BCUT2D eigenvalue weighted by molar-refractivity contribution is 9.10. The first-order valence-corrected chi connectivity index (χ1v) is 6.95. The van der Waals surface area contributed by atoms with Crippen molar-refractivity contribution in [1.82, 2.24) is 9.97 Å². The van der Waals surface area contributed by atoms with Gasteiger partial charge in [-0.25, -0.2) is 9.97 Å². The minimum absolute atomic E-state index is 0.0426. The predicted molar refractivity (Wildman–Crippen MR) is 79.3 cm³/mol. The van der Waals surface area contributed by atoms with E-state index in [9.17, 15) is 5.11 Å². The summed E-state index contributed by atoms with van der Waals surface area (Å²) in [6.07, 6.45) is 1.41. The first-order valence-electron chi connectivity index (χ1n) is 5.78. The van der Waals surface area contributed by atoms with Crippen molar-refractivity contribution < 1.29 is 5.11 Å². The van der Waals surface area contributed by atoms with Gasteiger partial charge in [0, 0.05) is 13.1 Å². The van der Waals surface area contributed by atoms with Gasteiger partial charge < -0.3 is 10.0 Å². The van der Waals surface area contributed by atoms with Crippen molar-refractivity contribution in [1.29, 1.82) is 0 Å². The summed E-state index contributed by atoms with van der Waals surface area (Å²) < 4.78 is 0.640. The molecule has 0 atom stereocenters. The third-order valence-electron chi connectivity index (χ3n) is 2.61. The Labute approximate surface area is 125 Å². The van der Waals surface area contributed by atoms with Crippen LogP contribution in [0.15, 0.2) is 41.1 Å². The number of hydrogen-bond donors (Lipinski definition) is 1. The largest absolute Gasteiger partial charge is 0.395 e. The highest BCUT2D eigenvalue weighted by atomic mass is 79.9. The molecule has 0 saturated heterocycles. The summed E-state index contributed by atoms with van der Waals surface area (Å²) in [5.74, 6) is 0.679. The highest BCUT2D eigenvalue weighted by Gasteiger charge is 2.14. The molecule has 0 unspecified atom stereocenters. The summed E-state index contributed by atoms with van der Waals surface area (Å²) in [6.45, 7) is 1.16. The summed E-state index contributed by atoms with van der Waals surface area (Å²) in [7, 11) is 0. The van der Waals surface area contributed by atoms with Gasteiger partial charge in [0.05, 0.1) is 11.1 Å². The van der Waals surface area contributed by atoms with E-state index >= 15 is 0 Å². The van der Waals surface area contributed by atoms with E-state index in [0.717, 1.165) is 5.56 Å². The van der Waals surface area contributed by atoms with E-state index in [1.807, 2.05) is 35.2 Å². The van der Waals surface area contributed by atoms with Gasteiger partial charge >= 0.3 is 0 Å². The fourth-order valence-electron chi connectivity index (χ4n) is 1.74. The number of halogens is 2. The monoisotopic (exact) mass is 341 g/mol. The molecule has 0 bridgehead atoms.